The lowest BCUT2D eigenvalue weighted by molar-refractivity contribution is 0.0743. The Balaban J connectivity index is 1.67. The van der Waals surface area contributed by atoms with Crippen LogP contribution in [-0.2, 0) is 0 Å². The highest BCUT2D eigenvalue weighted by atomic mass is 19.1. The van der Waals surface area contributed by atoms with Crippen LogP contribution in [0, 0.1) is 12.7 Å². The molecule has 1 N–H and O–H groups in total. The SMILES string of the molecule is Cc1ccc(O)c(C(=O)N2CCN(c3ccc(F)cc3)CC2)c1. The van der Waals surface area contributed by atoms with E-state index in [1.807, 2.05) is 6.92 Å². The Bertz CT molecular complexity index is 707. The number of phenolic OH excluding ortho intramolecular Hbond substituents is 1. The third-order valence-electron chi connectivity index (χ3n) is 4.14. The molecule has 5 heteroatoms. The molecule has 1 aliphatic rings. The number of aromatic hydroxyl groups is 1. The third kappa shape index (κ3) is 3.28. The van der Waals surface area contributed by atoms with E-state index >= 15 is 0 Å². The van der Waals surface area contributed by atoms with Crippen LogP contribution < -0.4 is 4.90 Å². The Hall–Kier alpha value is -2.56. The summed E-state index contributed by atoms with van der Waals surface area (Å²) < 4.78 is 13.0. The van der Waals surface area contributed by atoms with Crippen molar-refractivity contribution in [3.05, 3.63) is 59.4 Å². The van der Waals surface area contributed by atoms with E-state index in [2.05, 4.69) is 4.90 Å². The summed E-state index contributed by atoms with van der Waals surface area (Å²) in [6.07, 6.45) is 0. The summed E-state index contributed by atoms with van der Waals surface area (Å²) in [4.78, 5) is 16.4. The molecule has 120 valence electrons. The van der Waals surface area contributed by atoms with Gasteiger partial charge in [-0.25, -0.2) is 4.39 Å². The predicted molar refractivity (Wildman–Crippen MR) is 87.4 cm³/mol. The summed E-state index contributed by atoms with van der Waals surface area (Å²) in [5.41, 5.74) is 2.24. The van der Waals surface area contributed by atoms with E-state index in [0.717, 1.165) is 11.3 Å². The number of halogens is 1. The molecule has 3 rings (SSSR count). The maximum absolute atomic E-state index is 13.0. The normalized spacial score (nSPS) is 14.9. The van der Waals surface area contributed by atoms with Crippen molar-refractivity contribution in [2.75, 3.05) is 31.1 Å². The number of carbonyl (C=O) groups excluding carboxylic acids is 1. The molecule has 2 aromatic rings. The van der Waals surface area contributed by atoms with Gasteiger partial charge in [-0.1, -0.05) is 11.6 Å². The van der Waals surface area contributed by atoms with Crippen molar-refractivity contribution in [1.29, 1.82) is 0 Å². The van der Waals surface area contributed by atoms with Gasteiger partial charge in [0.2, 0.25) is 0 Å². The summed E-state index contributed by atoms with van der Waals surface area (Å²) in [6.45, 7) is 4.41. The van der Waals surface area contributed by atoms with Crippen LogP contribution in [0.5, 0.6) is 5.75 Å². The molecular formula is C18H19FN2O2. The first-order chi connectivity index (χ1) is 11.0. The number of benzene rings is 2. The molecule has 0 saturated carbocycles. The number of phenols is 1. The van der Waals surface area contributed by atoms with E-state index < -0.39 is 0 Å². The second kappa shape index (κ2) is 6.28. The van der Waals surface area contributed by atoms with Crippen LogP contribution in [0.2, 0.25) is 0 Å². The number of aryl methyl sites for hydroxylation is 1. The van der Waals surface area contributed by atoms with Crippen LogP contribution in [0.3, 0.4) is 0 Å². The lowest BCUT2D eigenvalue weighted by Gasteiger charge is -2.36. The maximum Gasteiger partial charge on any atom is 0.257 e. The summed E-state index contributed by atoms with van der Waals surface area (Å²) >= 11 is 0. The van der Waals surface area contributed by atoms with Gasteiger partial charge in [0.05, 0.1) is 5.56 Å². The Morgan fingerprint density at radius 1 is 1.04 bits per heavy atom. The minimum Gasteiger partial charge on any atom is -0.507 e. The van der Waals surface area contributed by atoms with Gasteiger partial charge in [-0.15, -0.1) is 0 Å². The van der Waals surface area contributed by atoms with Crippen molar-refractivity contribution in [1.82, 2.24) is 4.90 Å². The van der Waals surface area contributed by atoms with Crippen molar-refractivity contribution in [2.45, 2.75) is 6.92 Å². The van der Waals surface area contributed by atoms with E-state index in [1.54, 1.807) is 35.2 Å². The minimum atomic E-state index is -0.252. The molecule has 1 fully saturated rings. The molecule has 1 aliphatic heterocycles. The zero-order valence-electron chi connectivity index (χ0n) is 13.0. The van der Waals surface area contributed by atoms with Gasteiger partial charge in [0, 0.05) is 31.9 Å². The minimum absolute atomic E-state index is 0.0153. The number of piperazine rings is 1. The number of hydrogen-bond acceptors (Lipinski definition) is 3. The standard InChI is InChI=1S/C18H19FN2O2/c1-13-2-7-17(22)16(12-13)18(23)21-10-8-20(9-11-21)15-5-3-14(19)4-6-15/h2-7,12,22H,8-11H2,1H3. The van der Waals surface area contributed by atoms with Crippen LogP contribution in [0.1, 0.15) is 15.9 Å². The molecule has 0 atom stereocenters. The number of amides is 1. The Morgan fingerprint density at radius 3 is 2.35 bits per heavy atom. The average molecular weight is 314 g/mol. The predicted octanol–water partition coefficient (Wildman–Crippen LogP) is 2.80. The molecule has 0 bridgehead atoms. The highest BCUT2D eigenvalue weighted by molar-refractivity contribution is 5.97. The number of anilines is 1. The smallest absolute Gasteiger partial charge is 0.257 e. The largest absolute Gasteiger partial charge is 0.507 e. The monoisotopic (exact) mass is 314 g/mol. The first kappa shape index (κ1) is 15.3. The first-order valence-corrected chi connectivity index (χ1v) is 7.64. The summed E-state index contributed by atoms with van der Waals surface area (Å²) in [7, 11) is 0. The lowest BCUT2D eigenvalue weighted by Crippen LogP contribution is -2.48. The number of rotatable bonds is 2. The van der Waals surface area contributed by atoms with Crippen LogP contribution in [0.15, 0.2) is 42.5 Å². The first-order valence-electron chi connectivity index (χ1n) is 7.64. The third-order valence-corrected chi connectivity index (χ3v) is 4.14. The Morgan fingerprint density at radius 2 is 1.70 bits per heavy atom. The molecule has 0 spiro atoms. The number of carbonyl (C=O) groups is 1. The van der Waals surface area contributed by atoms with Crippen molar-refractivity contribution < 1.29 is 14.3 Å². The van der Waals surface area contributed by atoms with E-state index in [9.17, 15) is 14.3 Å². The van der Waals surface area contributed by atoms with Gasteiger partial charge < -0.3 is 14.9 Å². The van der Waals surface area contributed by atoms with E-state index in [0.29, 0.717) is 31.7 Å². The molecule has 0 aliphatic carbocycles. The highest BCUT2D eigenvalue weighted by Crippen LogP contribution is 2.22. The lowest BCUT2D eigenvalue weighted by atomic mass is 10.1. The molecule has 1 heterocycles. The van der Waals surface area contributed by atoms with Crippen molar-refractivity contribution in [2.24, 2.45) is 0 Å². The van der Waals surface area contributed by atoms with Gasteiger partial charge in [-0.05, 0) is 43.3 Å². The van der Waals surface area contributed by atoms with Gasteiger partial charge in [-0.3, -0.25) is 4.79 Å². The fourth-order valence-corrected chi connectivity index (χ4v) is 2.81. The summed E-state index contributed by atoms with van der Waals surface area (Å²) in [5, 5.41) is 9.90. The second-order valence-corrected chi connectivity index (χ2v) is 5.78. The topological polar surface area (TPSA) is 43.8 Å². The highest BCUT2D eigenvalue weighted by Gasteiger charge is 2.24. The van der Waals surface area contributed by atoms with Gasteiger partial charge in [0.15, 0.2) is 0 Å². The zero-order chi connectivity index (χ0) is 16.4. The summed E-state index contributed by atoms with van der Waals surface area (Å²) in [6, 6.07) is 11.4. The molecule has 1 amide bonds. The average Bonchev–Trinajstić information content (AvgIpc) is 2.57. The van der Waals surface area contributed by atoms with Gasteiger partial charge in [0.25, 0.3) is 5.91 Å². The fourth-order valence-electron chi connectivity index (χ4n) is 2.81. The number of nitrogens with zero attached hydrogens (tertiary/aromatic N) is 2. The van der Waals surface area contributed by atoms with Crippen LogP contribution in [0.25, 0.3) is 0 Å². The molecule has 2 aromatic carbocycles. The van der Waals surface area contributed by atoms with Gasteiger partial charge in [0.1, 0.15) is 11.6 Å². The molecule has 4 nitrogen and oxygen atoms in total. The second-order valence-electron chi connectivity index (χ2n) is 5.78. The molecule has 23 heavy (non-hydrogen) atoms. The van der Waals surface area contributed by atoms with Gasteiger partial charge in [-0.2, -0.15) is 0 Å². The van der Waals surface area contributed by atoms with Crippen molar-refractivity contribution in [3.8, 4) is 5.75 Å². The van der Waals surface area contributed by atoms with E-state index in [4.69, 9.17) is 0 Å². The Labute approximate surface area is 134 Å². The summed E-state index contributed by atoms with van der Waals surface area (Å²) in [5.74, 6) is -0.385. The molecule has 1 saturated heterocycles. The molecule has 0 unspecified atom stereocenters. The quantitative estimate of drug-likeness (QED) is 0.927. The number of hydrogen-bond donors (Lipinski definition) is 1. The van der Waals surface area contributed by atoms with E-state index in [1.165, 1.54) is 12.1 Å². The Kier molecular flexibility index (Phi) is 4.19. The molecular weight excluding hydrogens is 295 g/mol. The molecule has 0 radical (unpaired) electrons. The van der Waals surface area contributed by atoms with E-state index in [-0.39, 0.29) is 17.5 Å². The fraction of sp³-hybridized carbons (Fsp3) is 0.278. The zero-order valence-corrected chi connectivity index (χ0v) is 13.0. The van der Waals surface area contributed by atoms with Crippen molar-refractivity contribution >= 4 is 11.6 Å². The maximum atomic E-state index is 13.0. The molecule has 0 aromatic heterocycles. The van der Waals surface area contributed by atoms with Crippen molar-refractivity contribution in [3.63, 3.8) is 0 Å². The van der Waals surface area contributed by atoms with Crippen LogP contribution >= 0.6 is 0 Å². The van der Waals surface area contributed by atoms with Crippen LogP contribution in [-0.4, -0.2) is 42.1 Å². The van der Waals surface area contributed by atoms with Gasteiger partial charge >= 0.3 is 0 Å². The van der Waals surface area contributed by atoms with Crippen LogP contribution in [0.4, 0.5) is 10.1 Å².